The van der Waals surface area contributed by atoms with E-state index in [1.54, 1.807) is 12.1 Å². The van der Waals surface area contributed by atoms with Gasteiger partial charge in [-0.05, 0) is 60.1 Å². The van der Waals surface area contributed by atoms with E-state index in [4.69, 9.17) is 16.3 Å². The van der Waals surface area contributed by atoms with Gasteiger partial charge in [0.1, 0.15) is 0 Å². The van der Waals surface area contributed by atoms with Crippen LogP contribution in [-0.4, -0.2) is 25.2 Å². The van der Waals surface area contributed by atoms with Crippen molar-refractivity contribution in [2.75, 3.05) is 13.2 Å². The third-order valence-electron chi connectivity index (χ3n) is 3.69. The summed E-state index contributed by atoms with van der Waals surface area (Å²) >= 11 is 8.17. The number of benzene rings is 1. The van der Waals surface area contributed by atoms with Crippen molar-refractivity contribution in [2.24, 2.45) is 0 Å². The van der Waals surface area contributed by atoms with E-state index in [2.05, 4.69) is 27.9 Å². The Bertz CT molecular complexity index is 475. The van der Waals surface area contributed by atoms with E-state index in [-0.39, 0.29) is 5.91 Å². The molecule has 1 fully saturated rings. The lowest BCUT2D eigenvalue weighted by molar-refractivity contribution is 0.0273. The number of carbonyl (C=O) groups is 1. The van der Waals surface area contributed by atoms with Crippen molar-refractivity contribution in [1.29, 1.82) is 0 Å². The van der Waals surface area contributed by atoms with Crippen molar-refractivity contribution in [3.63, 3.8) is 0 Å². The standard InChI is InChI=1S/C16H21ClINO2/c17-14-11-12(7-8-15(14)18)16(20)19-9-4-10-21-13-5-2-1-3-6-13/h7-8,11,13H,1-6,9-10H2,(H,19,20). The first kappa shape index (κ1) is 17.0. The minimum absolute atomic E-state index is 0.0778. The Kier molecular flexibility index (Phi) is 7.26. The zero-order valence-corrected chi connectivity index (χ0v) is 15.0. The number of halogens is 2. The molecule has 0 spiro atoms. The Morgan fingerprint density at radius 2 is 2.10 bits per heavy atom. The van der Waals surface area contributed by atoms with E-state index in [9.17, 15) is 4.79 Å². The predicted octanol–water partition coefficient (Wildman–Crippen LogP) is 4.41. The van der Waals surface area contributed by atoms with Crippen LogP contribution in [0.4, 0.5) is 0 Å². The molecule has 0 saturated heterocycles. The number of rotatable bonds is 6. The molecule has 0 bridgehead atoms. The molecule has 1 aliphatic carbocycles. The number of nitrogens with one attached hydrogen (secondary N) is 1. The van der Waals surface area contributed by atoms with Gasteiger partial charge in [-0.15, -0.1) is 0 Å². The second-order valence-corrected chi connectivity index (χ2v) is 6.94. The number of hydrogen-bond acceptors (Lipinski definition) is 2. The van der Waals surface area contributed by atoms with Crippen molar-refractivity contribution in [3.05, 3.63) is 32.4 Å². The summed E-state index contributed by atoms with van der Waals surface area (Å²) in [5, 5.41) is 3.52. The van der Waals surface area contributed by atoms with Crippen LogP contribution in [0.1, 0.15) is 48.9 Å². The van der Waals surface area contributed by atoms with Crippen LogP contribution in [0.25, 0.3) is 0 Å². The van der Waals surface area contributed by atoms with Crippen LogP contribution in [0, 0.1) is 3.57 Å². The van der Waals surface area contributed by atoms with Gasteiger partial charge in [-0.25, -0.2) is 0 Å². The molecule has 116 valence electrons. The van der Waals surface area contributed by atoms with E-state index in [1.165, 1.54) is 32.1 Å². The molecular formula is C16H21ClINO2. The fourth-order valence-corrected chi connectivity index (χ4v) is 3.01. The van der Waals surface area contributed by atoms with Crippen LogP contribution in [0.2, 0.25) is 5.02 Å². The largest absolute Gasteiger partial charge is 0.378 e. The average Bonchev–Trinajstić information content (AvgIpc) is 2.50. The number of hydrogen-bond donors (Lipinski definition) is 1. The maximum atomic E-state index is 12.0. The minimum Gasteiger partial charge on any atom is -0.378 e. The quantitative estimate of drug-likeness (QED) is 0.546. The molecule has 0 aromatic heterocycles. The maximum absolute atomic E-state index is 12.0. The van der Waals surface area contributed by atoms with E-state index >= 15 is 0 Å². The molecule has 0 unspecified atom stereocenters. The Morgan fingerprint density at radius 3 is 2.81 bits per heavy atom. The smallest absolute Gasteiger partial charge is 0.251 e. The number of ether oxygens (including phenoxy) is 1. The lowest BCUT2D eigenvalue weighted by Crippen LogP contribution is -2.26. The molecule has 3 nitrogen and oxygen atoms in total. The predicted molar refractivity (Wildman–Crippen MR) is 93.9 cm³/mol. The molecule has 1 aliphatic rings. The molecule has 1 aromatic carbocycles. The average molecular weight is 422 g/mol. The summed E-state index contributed by atoms with van der Waals surface area (Å²) in [6.07, 6.45) is 7.57. The summed E-state index contributed by atoms with van der Waals surface area (Å²) < 4.78 is 6.78. The monoisotopic (exact) mass is 421 g/mol. The first-order valence-electron chi connectivity index (χ1n) is 7.51. The van der Waals surface area contributed by atoms with Crippen molar-refractivity contribution in [1.82, 2.24) is 5.32 Å². The van der Waals surface area contributed by atoms with Gasteiger partial charge in [0.15, 0.2) is 0 Å². The summed E-state index contributed by atoms with van der Waals surface area (Å²) in [4.78, 5) is 12.0. The maximum Gasteiger partial charge on any atom is 0.251 e. The molecule has 0 radical (unpaired) electrons. The summed E-state index contributed by atoms with van der Waals surface area (Å²) in [5.74, 6) is -0.0778. The lowest BCUT2D eigenvalue weighted by atomic mass is 9.98. The van der Waals surface area contributed by atoms with Crippen LogP contribution < -0.4 is 5.32 Å². The molecule has 0 atom stereocenters. The lowest BCUT2D eigenvalue weighted by Gasteiger charge is -2.21. The Labute approximate surface area is 144 Å². The van der Waals surface area contributed by atoms with Gasteiger partial charge < -0.3 is 10.1 Å². The highest BCUT2D eigenvalue weighted by molar-refractivity contribution is 14.1. The van der Waals surface area contributed by atoms with Crippen LogP contribution in [0.3, 0.4) is 0 Å². The molecule has 21 heavy (non-hydrogen) atoms. The molecule has 1 amide bonds. The van der Waals surface area contributed by atoms with E-state index in [0.717, 1.165) is 16.6 Å². The van der Waals surface area contributed by atoms with Crippen molar-refractivity contribution in [3.8, 4) is 0 Å². The zero-order chi connectivity index (χ0) is 15.1. The van der Waals surface area contributed by atoms with Gasteiger partial charge in [0, 0.05) is 22.3 Å². The zero-order valence-electron chi connectivity index (χ0n) is 12.0. The fraction of sp³-hybridized carbons (Fsp3) is 0.562. The van der Waals surface area contributed by atoms with Crippen molar-refractivity contribution < 1.29 is 9.53 Å². The molecule has 1 N–H and O–H groups in total. The molecule has 5 heteroatoms. The molecular weight excluding hydrogens is 401 g/mol. The molecule has 0 heterocycles. The normalized spacial score (nSPS) is 15.9. The molecule has 2 rings (SSSR count). The highest BCUT2D eigenvalue weighted by Gasteiger charge is 2.13. The van der Waals surface area contributed by atoms with Gasteiger partial charge in [-0.1, -0.05) is 30.9 Å². The first-order valence-corrected chi connectivity index (χ1v) is 8.97. The Balaban J connectivity index is 1.63. The topological polar surface area (TPSA) is 38.3 Å². The number of amides is 1. The molecule has 1 saturated carbocycles. The third-order valence-corrected chi connectivity index (χ3v) is 5.27. The Morgan fingerprint density at radius 1 is 1.33 bits per heavy atom. The van der Waals surface area contributed by atoms with Crippen LogP contribution in [0.15, 0.2) is 18.2 Å². The van der Waals surface area contributed by atoms with Gasteiger partial charge >= 0.3 is 0 Å². The van der Waals surface area contributed by atoms with E-state index in [0.29, 0.717) is 23.2 Å². The second-order valence-electron chi connectivity index (χ2n) is 5.37. The van der Waals surface area contributed by atoms with Gasteiger partial charge in [-0.3, -0.25) is 4.79 Å². The van der Waals surface area contributed by atoms with Gasteiger partial charge in [-0.2, -0.15) is 0 Å². The van der Waals surface area contributed by atoms with Crippen molar-refractivity contribution in [2.45, 2.75) is 44.6 Å². The Hall–Kier alpha value is -0.330. The van der Waals surface area contributed by atoms with E-state index in [1.807, 2.05) is 6.07 Å². The van der Waals surface area contributed by atoms with Crippen molar-refractivity contribution >= 4 is 40.1 Å². The summed E-state index contributed by atoms with van der Waals surface area (Å²) in [6.45, 7) is 1.35. The van der Waals surface area contributed by atoms with Gasteiger partial charge in [0.25, 0.3) is 5.91 Å². The SMILES string of the molecule is O=C(NCCCOC1CCCCC1)c1ccc(I)c(Cl)c1. The van der Waals surface area contributed by atoms with Crippen LogP contribution in [-0.2, 0) is 4.74 Å². The molecule has 0 aliphatic heterocycles. The summed E-state index contributed by atoms with van der Waals surface area (Å²) in [6, 6.07) is 5.35. The molecule has 1 aromatic rings. The van der Waals surface area contributed by atoms with Gasteiger partial charge in [0.05, 0.1) is 11.1 Å². The minimum atomic E-state index is -0.0778. The van der Waals surface area contributed by atoms with Crippen LogP contribution >= 0.6 is 34.2 Å². The fourth-order valence-electron chi connectivity index (χ4n) is 2.50. The van der Waals surface area contributed by atoms with E-state index < -0.39 is 0 Å². The second kappa shape index (κ2) is 8.96. The summed E-state index contributed by atoms with van der Waals surface area (Å²) in [5.41, 5.74) is 0.605. The summed E-state index contributed by atoms with van der Waals surface area (Å²) in [7, 11) is 0. The third kappa shape index (κ3) is 5.75. The highest BCUT2D eigenvalue weighted by Crippen LogP contribution is 2.20. The first-order chi connectivity index (χ1) is 10.2. The van der Waals surface area contributed by atoms with Gasteiger partial charge in [0.2, 0.25) is 0 Å². The highest BCUT2D eigenvalue weighted by atomic mass is 127. The number of carbonyl (C=O) groups excluding carboxylic acids is 1. The van der Waals surface area contributed by atoms with Crippen LogP contribution in [0.5, 0.6) is 0 Å².